The van der Waals surface area contributed by atoms with E-state index in [1.54, 1.807) is 6.07 Å². The van der Waals surface area contributed by atoms with Crippen LogP contribution in [0, 0.1) is 0 Å². The maximum Gasteiger partial charge on any atom is 0.255 e. The summed E-state index contributed by atoms with van der Waals surface area (Å²) in [6, 6.07) is 17.0. The Morgan fingerprint density at radius 1 is 1.00 bits per heavy atom. The molecule has 1 heterocycles. The van der Waals surface area contributed by atoms with Gasteiger partial charge in [0.1, 0.15) is 5.15 Å². The van der Waals surface area contributed by atoms with Crippen LogP contribution >= 0.6 is 11.6 Å². The van der Waals surface area contributed by atoms with Crippen molar-refractivity contribution >= 4 is 34.0 Å². The lowest BCUT2D eigenvalue weighted by molar-refractivity contribution is 0.102. The van der Waals surface area contributed by atoms with Crippen LogP contribution in [0.3, 0.4) is 0 Å². The summed E-state index contributed by atoms with van der Waals surface area (Å²) in [6.45, 7) is 0. The molecular formula is C16H11ClN2O. The minimum absolute atomic E-state index is 0.204. The van der Waals surface area contributed by atoms with Crippen molar-refractivity contribution in [3.63, 3.8) is 0 Å². The van der Waals surface area contributed by atoms with Gasteiger partial charge in [0.2, 0.25) is 0 Å². The minimum atomic E-state index is -0.204. The van der Waals surface area contributed by atoms with Crippen molar-refractivity contribution < 1.29 is 4.79 Å². The molecule has 0 spiro atoms. The predicted octanol–water partition coefficient (Wildman–Crippen LogP) is 4.14. The van der Waals surface area contributed by atoms with E-state index in [4.69, 9.17) is 11.6 Å². The van der Waals surface area contributed by atoms with Crippen LogP contribution in [-0.2, 0) is 0 Å². The Bertz CT molecular complexity index is 786. The van der Waals surface area contributed by atoms with Gasteiger partial charge >= 0.3 is 0 Å². The Balaban J connectivity index is 1.87. The Labute approximate surface area is 121 Å². The SMILES string of the molecule is O=C(Nc1ccc2ccccc2c1)c1ccnc(Cl)c1. The second-order valence-electron chi connectivity index (χ2n) is 4.38. The number of benzene rings is 2. The molecule has 0 saturated heterocycles. The monoisotopic (exact) mass is 282 g/mol. The van der Waals surface area contributed by atoms with E-state index in [1.165, 1.54) is 12.3 Å². The fourth-order valence-electron chi connectivity index (χ4n) is 2.01. The Morgan fingerprint density at radius 2 is 1.80 bits per heavy atom. The summed E-state index contributed by atoms with van der Waals surface area (Å²) in [5.41, 5.74) is 1.24. The summed E-state index contributed by atoms with van der Waals surface area (Å²) in [4.78, 5) is 16.0. The zero-order valence-electron chi connectivity index (χ0n) is 10.5. The van der Waals surface area contributed by atoms with E-state index in [1.807, 2.05) is 42.5 Å². The molecule has 20 heavy (non-hydrogen) atoms. The quantitative estimate of drug-likeness (QED) is 0.718. The topological polar surface area (TPSA) is 42.0 Å². The molecule has 1 amide bonds. The first kappa shape index (κ1) is 12.6. The lowest BCUT2D eigenvalue weighted by Crippen LogP contribution is -2.11. The molecule has 1 N–H and O–H groups in total. The van der Waals surface area contributed by atoms with Gasteiger partial charge in [-0.15, -0.1) is 0 Å². The highest BCUT2D eigenvalue weighted by Crippen LogP contribution is 2.19. The number of rotatable bonds is 2. The van der Waals surface area contributed by atoms with E-state index in [0.29, 0.717) is 10.7 Å². The first-order chi connectivity index (χ1) is 9.72. The highest BCUT2D eigenvalue weighted by Gasteiger charge is 2.07. The lowest BCUT2D eigenvalue weighted by Gasteiger charge is -2.06. The summed E-state index contributed by atoms with van der Waals surface area (Å²) in [7, 11) is 0. The number of hydrogen-bond acceptors (Lipinski definition) is 2. The van der Waals surface area contributed by atoms with Crippen LogP contribution in [0.4, 0.5) is 5.69 Å². The molecule has 3 nitrogen and oxygen atoms in total. The Morgan fingerprint density at radius 3 is 2.60 bits per heavy atom. The van der Waals surface area contributed by atoms with Crippen molar-refractivity contribution in [2.45, 2.75) is 0 Å². The summed E-state index contributed by atoms with van der Waals surface area (Å²) < 4.78 is 0. The molecule has 4 heteroatoms. The van der Waals surface area contributed by atoms with E-state index in [-0.39, 0.29) is 5.91 Å². The fourth-order valence-corrected chi connectivity index (χ4v) is 2.19. The molecule has 0 atom stereocenters. The smallest absolute Gasteiger partial charge is 0.255 e. The number of nitrogens with zero attached hydrogens (tertiary/aromatic N) is 1. The normalized spacial score (nSPS) is 10.4. The van der Waals surface area contributed by atoms with E-state index in [2.05, 4.69) is 10.3 Å². The molecule has 3 aromatic rings. The number of halogens is 1. The van der Waals surface area contributed by atoms with E-state index < -0.39 is 0 Å². The van der Waals surface area contributed by atoms with Crippen molar-refractivity contribution in [2.75, 3.05) is 5.32 Å². The van der Waals surface area contributed by atoms with Crippen molar-refractivity contribution in [3.05, 3.63) is 71.5 Å². The second kappa shape index (κ2) is 5.31. The number of amides is 1. The number of carbonyl (C=O) groups is 1. The minimum Gasteiger partial charge on any atom is -0.322 e. The van der Waals surface area contributed by atoms with E-state index in [9.17, 15) is 4.79 Å². The van der Waals surface area contributed by atoms with Gasteiger partial charge in [0, 0.05) is 17.4 Å². The molecular weight excluding hydrogens is 272 g/mol. The van der Waals surface area contributed by atoms with Gasteiger partial charge in [0.15, 0.2) is 0 Å². The van der Waals surface area contributed by atoms with Crippen molar-refractivity contribution in [2.24, 2.45) is 0 Å². The van der Waals surface area contributed by atoms with Crippen LogP contribution in [0.2, 0.25) is 5.15 Å². The van der Waals surface area contributed by atoms with E-state index >= 15 is 0 Å². The number of carbonyl (C=O) groups excluding carboxylic acids is 1. The highest BCUT2D eigenvalue weighted by atomic mass is 35.5. The Hall–Kier alpha value is -2.39. The molecule has 2 aromatic carbocycles. The van der Waals surface area contributed by atoms with Crippen LogP contribution in [0.25, 0.3) is 10.8 Å². The molecule has 0 aliphatic heterocycles. The Kier molecular flexibility index (Phi) is 3.35. The average Bonchev–Trinajstić information content (AvgIpc) is 2.47. The van der Waals surface area contributed by atoms with Gasteiger partial charge in [-0.05, 0) is 35.0 Å². The van der Waals surface area contributed by atoms with E-state index in [0.717, 1.165) is 16.5 Å². The predicted molar refractivity (Wildman–Crippen MR) is 81.1 cm³/mol. The van der Waals surface area contributed by atoms with Crippen molar-refractivity contribution in [3.8, 4) is 0 Å². The summed E-state index contributed by atoms with van der Waals surface area (Å²) >= 11 is 5.78. The second-order valence-corrected chi connectivity index (χ2v) is 4.77. The molecule has 0 aliphatic carbocycles. The number of aromatic nitrogens is 1. The molecule has 0 unspecified atom stereocenters. The number of pyridine rings is 1. The third-order valence-corrected chi connectivity index (χ3v) is 3.20. The van der Waals surface area contributed by atoms with Crippen LogP contribution in [0.5, 0.6) is 0 Å². The molecule has 98 valence electrons. The largest absolute Gasteiger partial charge is 0.322 e. The molecule has 0 bridgehead atoms. The molecule has 0 saturated carbocycles. The van der Waals surface area contributed by atoms with Crippen LogP contribution in [-0.4, -0.2) is 10.9 Å². The van der Waals surface area contributed by atoms with Gasteiger partial charge < -0.3 is 5.32 Å². The van der Waals surface area contributed by atoms with Gasteiger partial charge in [-0.3, -0.25) is 4.79 Å². The molecule has 0 aliphatic rings. The number of hydrogen-bond donors (Lipinski definition) is 1. The highest BCUT2D eigenvalue weighted by molar-refractivity contribution is 6.29. The first-order valence-electron chi connectivity index (χ1n) is 6.14. The zero-order valence-corrected chi connectivity index (χ0v) is 11.3. The van der Waals surface area contributed by atoms with Crippen LogP contribution in [0.1, 0.15) is 10.4 Å². The first-order valence-corrected chi connectivity index (χ1v) is 6.52. The summed E-state index contributed by atoms with van der Waals surface area (Å²) in [5.74, 6) is -0.204. The summed E-state index contributed by atoms with van der Waals surface area (Å²) in [5, 5.41) is 5.37. The van der Waals surface area contributed by atoms with Gasteiger partial charge in [0.25, 0.3) is 5.91 Å². The molecule has 3 rings (SSSR count). The fraction of sp³-hybridized carbons (Fsp3) is 0. The number of anilines is 1. The van der Waals surface area contributed by atoms with Crippen molar-refractivity contribution in [1.82, 2.24) is 4.98 Å². The van der Waals surface area contributed by atoms with Gasteiger partial charge in [-0.25, -0.2) is 4.98 Å². The number of nitrogens with one attached hydrogen (secondary N) is 1. The van der Waals surface area contributed by atoms with Gasteiger partial charge in [0.05, 0.1) is 0 Å². The maximum absolute atomic E-state index is 12.1. The average molecular weight is 283 g/mol. The molecule has 0 fully saturated rings. The van der Waals surface area contributed by atoms with Crippen LogP contribution < -0.4 is 5.32 Å². The van der Waals surface area contributed by atoms with Crippen LogP contribution in [0.15, 0.2) is 60.8 Å². The lowest BCUT2D eigenvalue weighted by atomic mass is 10.1. The maximum atomic E-state index is 12.1. The van der Waals surface area contributed by atoms with Gasteiger partial charge in [-0.2, -0.15) is 0 Å². The summed E-state index contributed by atoms with van der Waals surface area (Å²) in [6.07, 6.45) is 1.51. The number of fused-ring (bicyclic) bond motifs is 1. The third-order valence-electron chi connectivity index (χ3n) is 3.00. The zero-order chi connectivity index (χ0) is 13.9. The third kappa shape index (κ3) is 2.63. The molecule has 0 radical (unpaired) electrons. The van der Waals surface area contributed by atoms with Gasteiger partial charge in [-0.1, -0.05) is 41.9 Å². The standard InChI is InChI=1S/C16H11ClN2O/c17-15-10-13(7-8-18-15)16(20)19-14-6-5-11-3-1-2-4-12(11)9-14/h1-10H,(H,19,20). The van der Waals surface area contributed by atoms with Crippen molar-refractivity contribution in [1.29, 1.82) is 0 Å². The molecule has 1 aromatic heterocycles.